The van der Waals surface area contributed by atoms with Crippen molar-refractivity contribution in [1.29, 1.82) is 0 Å². The minimum atomic E-state index is -0.684. The predicted molar refractivity (Wildman–Crippen MR) is 59.9 cm³/mol. The zero-order valence-corrected chi connectivity index (χ0v) is 10.3. The molecule has 0 saturated carbocycles. The number of piperazine rings is 1. The molecule has 8 heteroatoms. The molecule has 2 rings (SSSR count). The Labute approximate surface area is 104 Å². The summed E-state index contributed by atoms with van der Waals surface area (Å²) >= 11 is 0. The molecule has 1 aliphatic heterocycles. The van der Waals surface area contributed by atoms with Crippen molar-refractivity contribution in [3.63, 3.8) is 0 Å². The predicted octanol–water partition coefficient (Wildman–Crippen LogP) is -1.28. The molecule has 0 atom stereocenters. The number of carbonyl (C=O) groups excluding carboxylic acids is 2. The molecule has 3 N–H and O–H groups in total. The molecule has 1 aromatic rings. The second kappa shape index (κ2) is 4.46. The topological polar surface area (TPSA) is 114 Å². The first-order chi connectivity index (χ1) is 8.34. The SMILES string of the molecule is CC(C)(N)c1noc(CN2CC(=O)NC(=O)C2)n1. The van der Waals surface area contributed by atoms with Gasteiger partial charge in [-0.25, -0.2) is 0 Å². The third-order valence-corrected chi connectivity index (χ3v) is 2.42. The Kier molecular flexibility index (Phi) is 3.14. The zero-order valence-electron chi connectivity index (χ0n) is 10.3. The van der Waals surface area contributed by atoms with E-state index in [2.05, 4.69) is 15.5 Å². The molecule has 0 radical (unpaired) electrons. The monoisotopic (exact) mass is 253 g/mol. The summed E-state index contributed by atoms with van der Waals surface area (Å²) in [5.74, 6) is 0.0756. The van der Waals surface area contributed by atoms with E-state index < -0.39 is 5.54 Å². The lowest BCUT2D eigenvalue weighted by Gasteiger charge is -2.23. The molecule has 2 heterocycles. The van der Waals surface area contributed by atoms with Crippen molar-refractivity contribution >= 4 is 11.8 Å². The summed E-state index contributed by atoms with van der Waals surface area (Å²) in [5, 5.41) is 5.99. The Balaban J connectivity index is 2.03. The van der Waals surface area contributed by atoms with E-state index in [-0.39, 0.29) is 31.4 Å². The molecule has 0 aliphatic carbocycles. The number of amides is 2. The normalized spacial score (nSPS) is 17.9. The lowest BCUT2D eigenvalue weighted by Crippen LogP contribution is -2.50. The van der Waals surface area contributed by atoms with Crippen molar-refractivity contribution in [3.05, 3.63) is 11.7 Å². The molecule has 18 heavy (non-hydrogen) atoms. The number of hydrogen-bond donors (Lipinski definition) is 2. The molecular weight excluding hydrogens is 238 g/mol. The van der Waals surface area contributed by atoms with Crippen LogP contribution >= 0.6 is 0 Å². The Morgan fingerprint density at radius 2 is 2.00 bits per heavy atom. The summed E-state index contributed by atoms with van der Waals surface area (Å²) in [4.78, 5) is 28.1. The highest BCUT2D eigenvalue weighted by Crippen LogP contribution is 2.13. The van der Waals surface area contributed by atoms with Crippen molar-refractivity contribution in [2.75, 3.05) is 13.1 Å². The van der Waals surface area contributed by atoms with Gasteiger partial charge in [0, 0.05) is 0 Å². The van der Waals surface area contributed by atoms with Crippen molar-refractivity contribution in [3.8, 4) is 0 Å². The number of carbonyl (C=O) groups is 2. The van der Waals surface area contributed by atoms with Gasteiger partial charge in [-0.2, -0.15) is 4.98 Å². The second-order valence-corrected chi connectivity index (χ2v) is 4.85. The van der Waals surface area contributed by atoms with E-state index in [0.717, 1.165) is 0 Å². The van der Waals surface area contributed by atoms with Gasteiger partial charge in [-0.05, 0) is 13.8 Å². The van der Waals surface area contributed by atoms with Crippen LogP contribution in [0.1, 0.15) is 25.6 Å². The third kappa shape index (κ3) is 2.90. The molecule has 2 amide bonds. The molecule has 8 nitrogen and oxygen atoms in total. The Morgan fingerprint density at radius 3 is 2.50 bits per heavy atom. The van der Waals surface area contributed by atoms with Gasteiger partial charge >= 0.3 is 0 Å². The lowest BCUT2D eigenvalue weighted by atomic mass is 10.1. The van der Waals surface area contributed by atoms with Crippen LogP contribution in [-0.4, -0.2) is 39.9 Å². The molecular formula is C10H15N5O3. The van der Waals surface area contributed by atoms with Gasteiger partial charge in [0.15, 0.2) is 5.82 Å². The number of nitrogens with two attached hydrogens (primary N) is 1. The summed E-state index contributed by atoms with van der Waals surface area (Å²) in [5.41, 5.74) is 5.15. The average molecular weight is 253 g/mol. The quantitative estimate of drug-likeness (QED) is 0.645. The standard InChI is InChI=1S/C10H15N5O3/c1-10(2,11)9-13-8(18-14-9)5-15-3-6(16)12-7(17)4-15/h3-5,11H2,1-2H3,(H,12,16,17). The van der Waals surface area contributed by atoms with E-state index in [0.29, 0.717) is 11.7 Å². The molecule has 0 bridgehead atoms. The Hall–Kier alpha value is -1.80. The van der Waals surface area contributed by atoms with Crippen molar-refractivity contribution in [2.45, 2.75) is 25.9 Å². The van der Waals surface area contributed by atoms with Crippen LogP contribution in [0.2, 0.25) is 0 Å². The van der Waals surface area contributed by atoms with E-state index in [4.69, 9.17) is 10.3 Å². The molecule has 1 fully saturated rings. The molecule has 1 aromatic heterocycles. The first-order valence-electron chi connectivity index (χ1n) is 5.51. The maximum absolute atomic E-state index is 11.2. The zero-order chi connectivity index (χ0) is 13.3. The van der Waals surface area contributed by atoms with Gasteiger partial charge in [0.2, 0.25) is 17.7 Å². The van der Waals surface area contributed by atoms with Crippen molar-refractivity contribution < 1.29 is 14.1 Å². The number of nitrogens with zero attached hydrogens (tertiary/aromatic N) is 3. The summed E-state index contributed by atoms with van der Waals surface area (Å²) < 4.78 is 5.04. The van der Waals surface area contributed by atoms with Crippen molar-refractivity contribution in [2.24, 2.45) is 5.73 Å². The number of hydrogen-bond acceptors (Lipinski definition) is 7. The van der Waals surface area contributed by atoms with Gasteiger partial charge in [-0.1, -0.05) is 5.16 Å². The average Bonchev–Trinajstić information content (AvgIpc) is 2.63. The summed E-state index contributed by atoms with van der Waals surface area (Å²) in [7, 11) is 0. The van der Waals surface area contributed by atoms with E-state index >= 15 is 0 Å². The fraction of sp³-hybridized carbons (Fsp3) is 0.600. The van der Waals surface area contributed by atoms with Crippen molar-refractivity contribution in [1.82, 2.24) is 20.4 Å². The number of rotatable bonds is 3. The highest BCUT2D eigenvalue weighted by Gasteiger charge is 2.26. The van der Waals surface area contributed by atoms with Gasteiger partial charge in [-0.3, -0.25) is 19.8 Å². The molecule has 0 spiro atoms. The highest BCUT2D eigenvalue weighted by molar-refractivity contribution is 5.99. The van der Waals surface area contributed by atoms with E-state index in [1.165, 1.54) is 0 Å². The van der Waals surface area contributed by atoms with Crippen LogP contribution < -0.4 is 11.1 Å². The van der Waals surface area contributed by atoms with Crippen LogP contribution in [0.15, 0.2) is 4.52 Å². The molecule has 0 aromatic carbocycles. The van der Waals surface area contributed by atoms with Crippen LogP contribution in [0.4, 0.5) is 0 Å². The fourth-order valence-corrected chi connectivity index (χ4v) is 1.58. The fourth-order valence-electron chi connectivity index (χ4n) is 1.58. The second-order valence-electron chi connectivity index (χ2n) is 4.85. The smallest absolute Gasteiger partial charge is 0.240 e. The van der Waals surface area contributed by atoms with E-state index in [9.17, 15) is 9.59 Å². The minimum absolute atomic E-state index is 0.134. The Bertz CT molecular complexity index is 460. The first kappa shape index (κ1) is 12.7. The van der Waals surface area contributed by atoms with Crippen LogP contribution in [0.3, 0.4) is 0 Å². The van der Waals surface area contributed by atoms with Gasteiger partial charge in [0.05, 0.1) is 25.2 Å². The number of nitrogens with one attached hydrogen (secondary N) is 1. The van der Waals surface area contributed by atoms with Crippen LogP contribution in [0.5, 0.6) is 0 Å². The molecule has 1 aliphatic rings. The maximum Gasteiger partial charge on any atom is 0.240 e. The Morgan fingerprint density at radius 1 is 1.39 bits per heavy atom. The van der Waals surface area contributed by atoms with Crippen LogP contribution in [0.25, 0.3) is 0 Å². The first-order valence-corrected chi connectivity index (χ1v) is 5.51. The molecule has 0 unspecified atom stereocenters. The highest BCUT2D eigenvalue weighted by atomic mass is 16.5. The third-order valence-electron chi connectivity index (χ3n) is 2.42. The molecule has 98 valence electrons. The summed E-state index contributed by atoms with van der Waals surface area (Å²) in [6.07, 6.45) is 0. The van der Waals surface area contributed by atoms with E-state index in [1.807, 2.05) is 0 Å². The van der Waals surface area contributed by atoms with Gasteiger partial charge in [0.1, 0.15) is 0 Å². The van der Waals surface area contributed by atoms with Gasteiger partial charge in [-0.15, -0.1) is 0 Å². The van der Waals surface area contributed by atoms with Crippen LogP contribution in [-0.2, 0) is 21.7 Å². The van der Waals surface area contributed by atoms with Crippen LogP contribution in [0, 0.1) is 0 Å². The largest absolute Gasteiger partial charge is 0.338 e. The number of aromatic nitrogens is 2. The van der Waals surface area contributed by atoms with Gasteiger partial charge in [0.25, 0.3) is 0 Å². The molecule has 1 saturated heterocycles. The van der Waals surface area contributed by atoms with E-state index in [1.54, 1.807) is 18.7 Å². The lowest BCUT2D eigenvalue weighted by molar-refractivity contribution is -0.136. The summed E-state index contributed by atoms with van der Waals surface area (Å²) in [6, 6.07) is 0. The number of imide groups is 1. The minimum Gasteiger partial charge on any atom is -0.338 e. The maximum atomic E-state index is 11.2. The van der Waals surface area contributed by atoms with Gasteiger partial charge < -0.3 is 10.3 Å². The summed E-state index contributed by atoms with van der Waals surface area (Å²) in [6.45, 7) is 4.05.